The van der Waals surface area contributed by atoms with E-state index in [4.69, 9.17) is 0 Å². The first-order chi connectivity index (χ1) is 11.2. The highest BCUT2D eigenvalue weighted by Gasteiger charge is 2.56. The van der Waals surface area contributed by atoms with E-state index in [0.29, 0.717) is 13.0 Å². The zero-order valence-corrected chi connectivity index (χ0v) is 12.9. The summed E-state index contributed by atoms with van der Waals surface area (Å²) < 4.78 is 53.0. The summed E-state index contributed by atoms with van der Waals surface area (Å²) in [4.78, 5) is 15.2. The average molecular weight is 346 g/mol. The number of hydrogen-bond donors (Lipinski definition) is 1. The summed E-state index contributed by atoms with van der Waals surface area (Å²) in [5.74, 6) is -0.969. The lowest BCUT2D eigenvalue weighted by Gasteiger charge is -2.42. The van der Waals surface area contributed by atoms with Crippen LogP contribution in [-0.2, 0) is 4.79 Å². The zero-order valence-electron chi connectivity index (χ0n) is 12.9. The Labute approximate surface area is 136 Å². The molecule has 1 aromatic carbocycles. The fourth-order valence-corrected chi connectivity index (χ4v) is 3.48. The van der Waals surface area contributed by atoms with Crippen molar-refractivity contribution in [2.24, 2.45) is 0 Å². The third-order valence-corrected chi connectivity index (χ3v) is 4.79. The standard InChI is InChI=1S/C16H18F4N2O2/c17-11-4-1-2-5-12(11)22-9-6-13(14(22)23)21-8-3-7-15(24,10-21)16(18,19)20/h1-2,4-5,13,24H,3,6-10H2/t13-,15+/m0/s1. The molecule has 132 valence electrons. The summed E-state index contributed by atoms with van der Waals surface area (Å²) in [5.41, 5.74) is -2.66. The highest BCUT2D eigenvalue weighted by atomic mass is 19.4. The van der Waals surface area contributed by atoms with E-state index in [1.54, 1.807) is 6.07 Å². The molecular weight excluding hydrogens is 328 g/mol. The van der Waals surface area contributed by atoms with Gasteiger partial charge in [0, 0.05) is 13.1 Å². The van der Waals surface area contributed by atoms with Crippen molar-refractivity contribution in [3.8, 4) is 0 Å². The number of halogens is 4. The summed E-state index contributed by atoms with van der Waals surface area (Å²) in [6.45, 7) is -0.0801. The van der Waals surface area contributed by atoms with Gasteiger partial charge in [0.15, 0.2) is 5.60 Å². The summed E-state index contributed by atoms with van der Waals surface area (Å²) in [6.07, 6.45) is -4.65. The molecule has 0 spiro atoms. The maximum Gasteiger partial charge on any atom is 0.418 e. The van der Waals surface area contributed by atoms with Crippen molar-refractivity contribution in [1.82, 2.24) is 4.90 Å². The lowest BCUT2D eigenvalue weighted by atomic mass is 9.91. The van der Waals surface area contributed by atoms with Gasteiger partial charge in [-0.05, 0) is 37.9 Å². The number of benzene rings is 1. The SMILES string of the molecule is O=C1[C@@H](N2CCC[C@](O)(C(F)(F)F)C2)CCN1c1ccccc1F. The molecule has 0 radical (unpaired) electrons. The van der Waals surface area contributed by atoms with Crippen molar-refractivity contribution in [1.29, 1.82) is 0 Å². The third-order valence-electron chi connectivity index (χ3n) is 4.79. The second kappa shape index (κ2) is 6.00. The first-order valence-corrected chi connectivity index (χ1v) is 7.82. The first kappa shape index (κ1) is 17.2. The summed E-state index contributed by atoms with van der Waals surface area (Å²) in [6, 6.07) is 5.04. The number of hydrogen-bond acceptors (Lipinski definition) is 3. The van der Waals surface area contributed by atoms with E-state index < -0.39 is 36.1 Å². The Balaban J connectivity index is 1.77. The Hall–Kier alpha value is -1.67. The van der Waals surface area contributed by atoms with Crippen LogP contribution in [0.3, 0.4) is 0 Å². The number of likely N-dealkylation sites (tertiary alicyclic amines) is 1. The van der Waals surface area contributed by atoms with Gasteiger partial charge in [-0.15, -0.1) is 0 Å². The molecule has 2 aliphatic heterocycles. The number of rotatable bonds is 2. The van der Waals surface area contributed by atoms with E-state index in [-0.39, 0.29) is 25.1 Å². The Bertz CT molecular complexity index is 637. The van der Waals surface area contributed by atoms with Crippen LogP contribution in [0.1, 0.15) is 19.3 Å². The molecule has 0 bridgehead atoms. The molecule has 0 unspecified atom stereocenters. The van der Waals surface area contributed by atoms with E-state index in [0.717, 1.165) is 0 Å². The third kappa shape index (κ3) is 2.88. The van der Waals surface area contributed by atoms with Gasteiger partial charge in [-0.1, -0.05) is 12.1 Å². The smallest absolute Gasteiger partial charge is 0.379 e. The number of carbonyl (C=O) groups excluding carboxylic acids is 1. The molecule has 2 fully saturated rings. The molecule has 24 heavy (non-hydrogen) atoms. The van der Waals surface area contributed by atoms with Gasteiger partial charge >= 0.3 is 6.18 Å². The molecule has 0 saturated carbocycles. The van der Waals surface area contributed by atoms with Crippen LogP contribution in [0, 0.1) is 5.82 Å². The van der Waals surface area contributed by atoms with Gasteiger partial charge in [0.25, 0.3) is 0 Å². The van der Waals surface area contributed by atoms with Crippen LogP contribution in [0.5, 0.6) is 0 Å². The van der Waals surface area contributed by atoms with Gasteiger partial charge in [0.1, 0.15) is 5.82 Å². The minimum atomic E-state index is -4.74. The van der Waals surface area contributed by atoms with Crippen molar-refractivity contribution in [2.45, 2.75) is 37.1 Å². The molecule has 3 rings (SSSR count). The predicted octanol–water partition coefficient (Wildman–Crippen LogP) is 2.32. The van der Waals surface area contributed by atoms with Crippen molar-refractivity contribution in [3.05, 3.63) is 30.1 Å². The van der Waals surface area contributed by atoms with Gasteiger partial charge in [-0.2, -0.15) is 13.2 Å². The highest BCUT2D eigenvalue weighted by Crippen LogP contribution is 2.39. The maximum atomic E-state index is 13.9. The molecule has 4 nitrogen and oxygen atoms in total. The number of piperidine rings is 1. The largest absolute Gasteiger partial charge is 0.418 e. The minimum absolute atomic E-state index is 0.132. The van der Waals surface area contributed by atoms with Crippen LogP contribution in [-0.4, -0.2) is 53.4 Å². The molecular formula is C16H18F4N2O2. The van der Waals surface area contributed by atoms with Crippen LogP contribution in [0.4, 0.5) is 23.2 Å². The van der Waals surface area contributed by atoms with E-state index in [2.05, 4.69) is 0 Å². The van der Waals surface area contributed by atoms with E-state index in [1.165, 1.54) is 28.0 Å². The molecule has 0 aromatic heterocycles. The Morgan fingerprint density at radius 2 is 1.92 bits per heavy atom. The van der Waals surface area contributed by atoms with Gasteiger partial charge in [0.05, 0.1) is 11.7 Å². The first-order valence-electron chi connectivity index (χ1n) is 7.82. The molecule has 1 amide bonds. The lowest BCUT2D eigenvalue weighted by Crippen LogP contribution is -2.60. The molecule has 2 heterocycles. The van der Waals surface area contributed by atoms with Crippen molar-refractivity contribution >= 4 is 11.6 Å². The lowest BCUT2D eigenvalue weighted by molar-refractivity contribution is -0.275. The van der Waals surface area contributed by atoms with E-state index in [1.807, 2.05) is 0 Å². The topological polar surface area (TPSA) is 43.8 Å². The second-order valence-corrected chi connectivity index (χ2v) is 6.35. The molecule has 1 aromatic rings. The molecule has 2 saturated heterocycles. The Morgan fingerprint density at radius 1 is 1.21 bits per heavy atom. The fourth-order valence-electron chi connectivity index (χ4n) is 3.48. The van der Waals surface area contributed by atoms with Crippen LogP contribution < -0.4 is 4.90 Å². The number of aliphatic hydroxyl groups is 1. The highest BCUT2D eigenvalue weighted by molar-refractivity contribution is 5.99. The zero-order chi connectivity index (χ0) is 17.5. The van der Waals surface area contributed by atoms with Gasteiger partial charge < -0.3 is 10.0 Å². The quantitative estimate of drug-likeness (QED) is 0.836. The number of anilines is 1. The second-order valence-electron chi connectivity index (χ2n) is 6.35. The number of alkyl halides is 3. The van der Waals surface area contributed by atoms with Crippen LogP contribution in [0.15, 0.2) is 24.3 Å². The summed E-state index contributed by atoms with van der Waals surface area (Å²) >= 11 is 0. The normalized spacial score (nSPS) is 29.3. The van der Waals surface area contributed by atoms with E-state index in [9.17, 15) is 27.5 Å². The molecule has 1 N–H and O–H groups in total. The average Bonchev–Trinajstić information content (AvgIpc) is 2.88. The van der Waals surface area contributed by atoms with Crippen molar-refractivity contribution in [3.63, 3.8) is 0 Å². The molecule has 0 aliphatic carbocycles. The Kier molecular flexibility index (Phi) is 4.29. The summed E-state index contributed by atoms with van der Waals surface area (Å²) in [5, 5.41) is 9.90. The number of β-amino-alcohol motifs (C(OH)–C–C–N with tert-alkyl or cyclic N) is 1. The maximum absolute atomic E-state index is 13.9. The van der Waals surface area contributed by atoms with Crippen LogP contribution in [0.2, 0.25) is 0 Å². The number of para-hydroxylation sites is 1. The van der Waals surface area contributed by atoms with Crippen LogP contribution >= 0.6 is 0 Å². The number of carbonyl (C=O) groups is 1. The van der Waals surface area contributed by atoms with Gasteiger partial charge in [-0.25, -0.2) is 4.39 Å². The molecule has 2 atom stereocenters. The number of amides is 1. The van der Waals surface area contributed by atoms with Crippen LogP contribution in [0.25, 0.3) is 0 Å². The van der Waals surface area contributed by atoms with Gasteiger partial charge in [-0.3, -0.25) is 9.69 Å². The monoisotopic (exact) mass is 346 g/mol. The summed E-state index contributed by atoms with van der Waals surface area (Å²) in [7, 11) is 0. The van der Waals surface area contributed by atoms with E-state index >= 15 is 0 Å². The molecule has 2 aliphatic rings. The molecule has 8 heteroatoms. The van der Waals surface area contributed by atoms with Crippen molar-refractivity contribution < 1.29 is 27.5 Å². The number of nitrogens with zero attached hydrogens (tertiary/aromatic N) is 2. The predicted molar refractivity (Wildman–Crippen MR) is 79.0 cm³/mol. The van der Waals surface area contributed by atoms with Gasteiger partial charge in [0.2, 0.25) is 5.91 Å². The Morgan fingerprint density at radius 3 is 2.58 bits per heavy atom. The fraction of sp³-hybridized carbons (Fsp3) is 0.562. The van der Waals surface area contributed by atoms with Crippen molar-refractivity contribution in [2.75, 3.05) is 24.5 Å². The minimum Gasteiger partial charge on any atom is -0.379 e.